The van der Waals surface area contributed by atoms with Crippen molar-refractivity contribution < 1.29 is 0 Å². The molecule has 0 aliphatic rings. The van der Waals surface area contributed by atoms with Gasteiger partial charge in [-0.1, -0.05) is 54.4 Å². The zero-order chi connectivity index (χ0) is 9.12. The van der Waals surface area contributed by atoms with Crippen LogP contribution in [0.25, 0.3) is 0 Å². The standard InChI is InChI=1S/C11H24/c1-7-8-9-11(5,6)10(2,3)4/h7-9H2,1-6H3. The summed E-state index contributed by atoms with van der Waals surface area (Å²) >= 11 is 0. The first-order valence-electron chi connectivity index (χ1n) is 4.81. The summed E-state index contributed by atoms with van der Waals surface area (Å²) in [6.07, 6.45) is 4.04. The molecule has 0 spiro atoms. The van der Waals surface area contributed by atoms with Gasteiger partial charge in [-0.2, -0.15) is 0 Å². The van der Waals surface area contributed by atoms with E-state index in [1.807, 2.05) is 0 Å². The lowest BCUT2D eigenvalue weighted by atomic mass is 9.67. The Bertz CT molecular complexity index is 104. The third-order valence-electron chi connectivity index (χ3n) is 3.19. The second-order valence-corrected chi connectivity index (χ2v) is 5.24. The molecule has 0 saturated heterocycles. The quantitative estimate of drug-likeness (QED) is 0.573. The van der Waals surface area contributed by atoms with Gasteiger partial charge in [0.15, 0.2) is 0 Å². The van der Waals surface area contributed by atoms with Gasteiger partial charge in [-0.15, -0.1) is 0 Å². The van der Waals surface area contributed by atoms with E-state index in [0.29, 0.717) is 10.8 Å². The van der Waals surface area contributed by atoms with Crippen LogP contribution < -0.4 is 0 Å². The molecule has 0 aliphatic carbocycles. The lowest BCUT2D eigenvalue weighted by Gasteiger charge is -2.39. The number of hydrogen-bond acceptors (Lipinski definition) is 0. The Morgan fingerprint density at radius 3 is 1.64 bits per heavy atom. The van der Waals surface area contributed by atoms with Crippen molar-refractivity contribution in [2.24, 2.45) is 10.8 Å². The van der Waals surface area contributed by atoms with E-state index in [4.69, 9.17) is 0 Å². The van der Waals surface area contributed by atoms with E-state index in [1.54, 1.807) is 0 Å². The van der Waals surface area contributed by atoms with Crippen molar-refractivity contribution in [3.05, 3.63) is 0 Å². The van der Waals surface area contributed by atoms with E-state index < -0.39 is 0 Å². The van der Waals surface area contributed by atoms with Crippen LogP contribution in [0.2, 0.25) is 0 Å². The maximum absolute atomic E-state index is 2.38. The van der Waals surface area contributed by atoms with Crippen molar-refractivity contribution in [3.63, 3.8) is 0 Å². The molecular weight excluding hydrogens is 132 g/mol. The fourth-order valence-corrected chi connectivity index (χ4v) is 0.994. The van der Waals surface area contributed by atoms with Crippen LogP contribution in [0.1, 0.15) is 60.8 Å². The molecule has 0 rings (SSSR count). The minimum atomic E-state index is 0.447. The molecule has 0 saturated carbocycles. The zero-order valence-electron chi connectivity index (χ0n) is 9.12. The van der Waals surface area contributed by atoms with Gasteiger partial charge in [-0.3, -0.25) is 0 Å². The Kier molecular flexibility index (Phi) is 3.60. The van der Waals surface area contributed by atoms with E-state index in [2.05, 4.69) is 41.5 Å². The molecule has 0 bridgehead atoms. The molecule has 0 aromatic rings. The SMILES string of the molecule is CCCCC(C)(C)C(C)(C)C. The topological polar surface area (TPSA) is 0 Å². The molecule has 0 radical (unpaired) electrons. The first kappa shape index (κ1) is 11.0. The van der Waals surface area contributed by atoms with Gasteiger partial charge in [0.05, 0.1) is 0 Å². The number of hydrogen-bond donors (Lipinski definition) is 0. The van der Waals surface area contributed by atoms with Crippen molar-refractivity contribution in [2.45, 2.75) is 60.8 Å². The molecule has 0 aromatic heterocycles. The van der Waals surface area contributed by atoms with Crippen LogP contribution in [0.5, 0.6) is 0 Å². The minimum Gasteiger partial charge on any atom is -0.0654 e. The van der Waals surface area contributed by atoms with Crippen LogP contribution >= 0.6 is 0 Å². The lowest BCUT2D eigenvalue weighted by Crippen LogP contribution is -2.29. The van der Waals surface area contributed by atoms with Crippen molar-refractivity contribution >= 4 is 0 Å². The molecule has 0 aromatic carbocycles. The van der Waals surface area contributed by atoms with Crippen molar-refractivity contribution in [3.8, 4) is 0 Å². The lowest BCUT2D eigenvalue weighted by molar-refractivity contribution is 0.116. The maximum Gasteiger partial charge on any atom is -0.0306 e. The molecule has 0 aliphatic heterocycles. The van der Waals surface area contributed by atoms with E-state index >= 15 is 0 Å². The van der Waals surface area contributed by atoms with Gasteiger partial charge >= 0.3 is 0 Å². The fourth-order valence-electron chi connectivity index (χ4n) is 0.994. The highest BCUT2D eigenvalue weighted by Crippen LogP contribution is 2.41. The summed E-state index contributed by atoms with van der Waals surface area (Å²) in [5, 5.41) is 0. The Balaban J connectivity index is 4.00. The van der Waals surface area contributed by atoms with Gasteiger partial charge in [-0.25, -0.2) is 0 Å². The van der Waals surface area contributed by atoms with Crippen LogP contribution in [0.3, 0.4) is 0 Å². The second-order valence-electron chi connectivity index (χ2n) is 5.24. The number of rotatable bonds is 3. The van der Waals surface area contributed by atoms with Crippen molar-refractivity contribution in [1.29, 1.82) is 0 Å². The first-order valence-corrected chi connectivity index (χ1v) is 4.81. The second kappa shape index (κ2) is 3.60. The van der Waals surface area contributed by atoms with Crippen LogP contribution in [0.4, 0.5) is 0 Å². The maximum atomic E-state index is 2.38. The van der Waals surface area contributed by atoms with Gasteiger partial charge in [0, 0.05) is 0 Å². The molecule has 11 heavy (non-hydrogen) atoms. The van der Waals surface area contributed by atoms with Gasteiger partial charge in [0.1, 0.15) is 0 Å². The average molecular weight is 156 g/mol. The molecule has 68 valence electrons. The van der Waals surface area contributed by atoms with E-state index in [1.165, 1.54) is 19.3 Å². The molecule has 0 fully saturated rings. The predicted octanol–water partition coefficient (Wildman–Crippen LogP) is 4.25. The van der Waals surface area contributed by atoms with Gasteiger partial charge < -0.3 is 0 Å². The monoisotopic (exact) mass is 156 g/mol. The van der Waals surface area contributed by atoms with Crippen molar-refractivity contribution in [2.75, 3.05) is 0 Å². The molecule has 0 nitrogen and oxygen atoms in total. The summed E-state index contributed by atoms with van der Waals surface area (Å²) in [7, 11) is 0. The third kappa shape index (κ3) is 3.27. The Morgan fingerprint density at radius 2 is 1.36 bits per heavy atom. The summed E-state index contributed by atoms with van der Waals surface area (Å²) in [5.74, 6) is 0. The molecule has 0 heterocycles. The van der Waals surface area contributed by atoms with Crippen LogP contribution in [-0.2, 0) is 0 Å². The van der Waals surface area contributed by atoms with Crippen LogP contribution in [-0.4, -0.2) is 0 Å². The normalized spacial score (nSPS) is 13.6. The summed E-state index contributed by atoms with van der Waals surface area (Å²) < 4.78 is 0. The molecule has 0 amide bonds. The molecule has 0 heteroatoms. The summed E-state index contributed by atoms with van der Waals surface area (Å²) in [6, 6.07) is 0. The Labute approximate surface area is 72.4 Å². The van der Waals surface area contributed by atoms with Gasteiger partial charge in [0.25, 0.3) is 0 Å². The first-order chi connectivity index (χ1) is 4.81. The highest BCUT2D eigenvalue weighted by Gasteiger charge is 2.31. The average Bonchev–Trinajstić information content (AvgIpc) is 1.81. The minimum absolute atomic E-state index is 0.447. The zero-order valence-corrected chi connectivity index (χ0v) is 9.12. The molecule has 0 unspecified atom stereocenters. The summed E-state index contributed by atoms with van der Waals surface area (Å²) in [6.45, 7) is 14.0. The fraction of sp³-hybridized carbons (Fsp3) is 1.00. The highest BCUT2D eigenvalue weighted by atomic mass is 14.4. The molecular formula is C11H24. The smallest absolute Gasteiger partial charge is 0.0306 e. The Morgan fingerprint density at radius 1 is 0.909 bits per heavy atom. The number of unbranched alkanes of at least 4 members (excludes halogenated alkanes) is 1. The third-order valence-corrected chi connectivity index (χ3v) is 3.19. The van der Waals surface area contributed by atoms with Crippen LogP contribution in [0.15, 0.2) is 0 Å². The van der Waals surface area contributed by atoms with E-state index in [9.17, 15) is 0 Å². The predicted molar refractivity (Wildman–Crippen MR) is 52.8 cm³/mol. The molecule has 0 N–H and O–H groups in total. The van der Waals surface area contributed by atoms with Gasteiger partial charge in [-0.05, 0) is 17.3 Å². The Hall–Kier alpha value is 0. The van der Waals surface area contributed by atoms with Crippen molar-refractivity contribution in [1.82, 2.24) is 0 Å². The van der Waals surface area contributed by atoms with E-state index in [-0.39, 0.29) is 0 Å². The molecule has 0 atom stereocenters. The largest absolute Gasteiger partial charge is 0.0654 e. The summed E-state index contributed by atoms with van der Waals surface area (Å²) in [4.78, 5) is 0. The summed E-state index contributed by atoms with van der Waals surface area (Å²) in [5.41, 5.74) is 0.936. The highest BCUT2D eigenvalue weighted by molar-refractivity contribution is 4.81. The van der Waals surface area contributed by atoms with E-state index in [0.717, 1.165) is 0 Å². The van der Waals surface area contributed by atoms with Gasteiger partial charge in [0.2, 0.25) is 0 Å². The van der Waals surface area contributed by atoms with Crippen LogP contribution in [0, 0.1) is 10.8 Å².